The Labute approximate surface area is 180 Å². The van der Waals surface area contributed by atoms with Crippen LogP contribution in [-0.4, -0.2) is 55.8 Å². The van der Waals surface area contributed by atoms with Crippen molar-refractivity contribution in [2.75, 3.05) is 18.8 Å². The lowest BCUT2D eigenvalue weighted by molar-refractivity contribution is -0.134. The molecular weight excluding hydrogens is 406 g/mol. The van der Waals surface area contributed by atoms with Crippen LogP contribution in [0.1, 0.15) is 48.1 Å². The number of hydrogen-bond donors (Lipinski definition) is 2. The summed E-state index contributed by atoms with van der Waals surface area (Å²) in [5.41, 5.74) is 6.96. The fourth-order valence-corrected chi connectivity index (χ4v) is 3.94. The van der Waals surface area contributed by atoms with Gasteiger partial charge in [0.15, 0.2) is 0 Å². The van der Waals surface area contributed by atoms with Gasteiger partial charge in [-0.05, 0) is 45.4 Å². The highest BCUT2D eigenvalue weighted by Gasteiger charge is 2.27. The number of rotatable bonds is 6. The number of nitrogens with two attached hydrogens (primary N) is 1. The van der Waals surface area contributed by atoms with Crippen LogP contribution < -0.4 is 11.1 Å². The van der Waals surface area contributed by atoms with Gasteiger partial charge in [0.2, 0.25) is 5.91 Å². The van der Waals surface area contributed by atoms with Crippen molar-refractivity contribution in [3.63, 3.8) is 0 Å². The quantitative estimate of drug-likeness (QED) is 0.667. The summed E-state index contributed by atoms with van der Waals surface area (Å²) in [6.07, 6.45) is 7.71. The van der Waals surface area contributed by atoms with Crippen LogP contribution in [0.15, 0.2) is 18.6 Å². The molecule has 1 saturated heterocycles. The molecule has 30 heavy (non-hydrogen) atoms. The lowest BCUT2D eigenvalue weighted by Gasteiger charge is -2.33. The molecule has 0 unspecified atom stereocenters. The minimum absolute atomic E-state index is 0.0927. The highest BCUT2D eigenvalue weighted by molar-refractivity contribution is 6.30. The molecule has 1 aliphatic rings. The summed E-state index contributed by atoms with van der Waals surface area (Å²) in [6, 6.07) is -0.626. The Bertz CT molecular complexity index is 878. The van der Waals surface area contributed by atoms with Crippen molar-refractivity contribution in [2.45, 2.75) is 45.6 Å². The third-order valence-corrected chi connectivity index (χ3v) is 5.66. The molecular formula is C20H26ClN7O2. The number of carbonyl (C=O) groups excluding carboxylic acids is 2. The average Bonchev–Trinajstić information content (AvgIpc) is 2.73. The first-order chi connectivity index (χ1) is 14.3. The molecule has 0 saturated carbocycles. The topological polar surface area (TPSA) is 127 Å². The number of carbonyl (C=O) groups is 2. The van der Waals surface area contributed by atoms with Gasteiger partial charge in [-0.1, -0.05) is 11.6 Å². The minimum atomic E-state index is -0.626. The molecule has 9 nitrogen and oxygen atoms in total. The van der Waals surface area contributed by atoms with E-state index in [1.54, 1.807) is 18.7 Å². The second-order valence-corrected chi connectivity index (χ2v) is 7.88. The van der Waals surface area contributed by atoms with E-state index in [4.69, 9.17) is 17.3 Å². The Morgan fingerprint density at radius 1 is 1.30 bits per heavy atom. The molecule has 1 fully saturated rings. The molecule has 0 aliphatic carbocycles. The zero-order chi connectivity index (χ0) is 21.7. The van der Waals surface area contributed by atoms with Crippen LogP contribution in [0.25, 0.3) is 0 Å². The molecule has 0 aromatic carbocycles. The van der Waals surface area contributed by atoms with Gasteiger partial charge in [-0.3, -0.25) is 14.6 Å². The molecule has 0 radical (unpaired) electrons. The SMILES string of the molecule is Cc1nc(N)c(CCC2CCN(C(=O)[C@H](C)NC(=O)c3cnccn3)CC2)c(Cl)n1. The third-order valence-electron chi connectivity index (χ3n) is 5.34. The van der Waals surface area contributed by atoms with E-state index in [1.165, 1.54) is 18.6 Å². The van der Waals surface area contributed by atoms with Gasteiger partial charge in [0.05, 0.1) is 6.20 Å². The first-order valence-electron chi connectivity index (χ1n) is 9.99. The van der Waals surface area contributed by atoms with Gasteiger partial charge >= 0.3 is 0 Å². The molecule has 0 spiro atoms. The largest absolute Gasteiger partial charge is 0.383 e. The van der Waals surface area contributed by atoms with Crippen LogP contribution in [0.4, 0.5) is 5.82 Å². The number of nitrogens with zero attached hydrogens (tertiary/aromatic N) is 5. The first kappa shape index (κ1) is 21.9. The Kier molecular flexibility index (Phi) is 7.15. The van der Waals surface area contributed by atoms with Crippen molar-refractivity contribution in [1.82, 2.24) is 30.2 Å². The van der Waals surface area contributed by atoms with E-state index < -0.39 is 11.9 Å². The van der Waals surface area contributed by atoms with Crippen LogP contribution in [0, 0.1) is 12.8 Å². The number of aromatic nitrogens is 4. The Morgan fingerprint density at radius 2 is 2.03 bits per heavy atom. The molecule has 160 valence electrons. The number of nitrogen functional groups attached to an aromatic ring is 1. The van der Waals surface area contributed by atoms with Gasteiger partial charge in [-0.15, -0.1) is 0 Å². The van der Waals surface area contributed by atoms with Crippen molar-refractivity contribution in [3.8, 4) is 0 Å². The number of hydrogen-bond acceptors (Lipinski definition) is 7. The second kappa shape index (κ2) is 9.80. The van der Waals surface area contributed by atoms with Crippen LogP contribution in [0.5, 0.6) is 0 Å². The summed E-state index contributed by atoms with van der Waals surface area (Å²) in [5.74, 6) is 0.968. The number of piperidine rings is 1. The van der Waals surface area contributed by atoms with Gasteiger partial charge in [0.1, 0.15) is 28.5 Å². The smallest absolute Gasteiger partial charge is 0.272 e. The summed E-state index contributed by atoms with van der Waals surface area (Å²) in [6.45, 7) is 4.76. The van der Waals surface area contributed by atoms with E-state index in [2.05, 4.69) is 25.3 Å². The summed E-state index contributed by atoms with van der Waals surface area (Å²) >= 11 is 6.21. The molecule has 3 N–H and O–H groups in total. The summed E-state index contributed by atoms with van der Waals surface area (Å²) < 4.78 is 0. The lowest BCUT2D eigenvalue weighted by Crippen LogP contribution is -2.49. The maximum atomic E-state index is 12.7. The van der Waals surface area contributed by atoms with Crippen molar-refractivity contribution >= 4 is 29.2 Å². The van der Waals surface area contributed by atoms with Gasteiger partial charge in [0, 0.05) is 31.0 Å². The highest BCUT2D eigenvalue weighted by atomic mass is 35.5. The van der Waals surface area contributed by atoms with Crippen LogP contribution in [0.3, 0.4) is 0 Å². The molecule has 2 aromatic rings. The molecule has 3 rings (SSSR count). The highest BCUT2D eigenvalue weighted by Crippen LogP contribution is 2.26. The minimum Gasteiger partial charge on any atom is -0.383 e. The lowest BCUT2D eigenvalue weighted by atomic mass is 9.90. The number of likely N-dealkylation sites (tertiary alicyclic amines) is 1. The first-order valence-corrected chi connectivity index (χ1v) is 10.4. The normalized spacial score (nSPS) is 15.6. The Balaban J connectivity index is 1.47. The molecule has 0 bridgehead atoms. The van der Waals surface area contributed by atoms with Gasteiger partial charge < -0.3 is 16.0 Å². The molecule has 2 amide bonds. The maximum Gasteiger partial charge on any atom is 0.272 e. The summed E-state index contributed by atoms with van der Waals surface area (Å²) in [4.78, 5) is 42.9. The number of amides is 2. The van der Waals surface area contributed by atoms with Crippen molar-refractivity contribution in [1.29, 1.82) is 0 Å². The van der Waals surface area contributed by atoms with Gasteiger partial charge in [0.25, 0.3) is 5.91 Å². The fourth-order valence-electron chi connectivity index (χ4n) is 3.63. The van der Waals surface area contributed by atoms with Crippen molar-refractivity contribution < 1.29 is 9.59 Å². The van der Waals surface area contributed by atoms with E-state index >= 15 is 0 Å². The molecule has 10 heteroatoms. The van der Waals surface area contributed by atoms with E-state index in [1.807, 2.05) is 0 Å². The predicted molar refractivity (Wildman–Crippen MR) is 113 cm³/mol. The van der Waals surface area contributed by atoms with Crippen LogP contribution in [0.2, 0.25) is 5.15 Å². The standard InChI is InChI=1S/C20H26ClN7O2/c1-12(25-19(29)16-11-23-7-8-24-16)20(30)28-9-5-14(6-10-28)3-4-15-17(21)26-13(2)27-18(15)22/h7-8,11-12,14H,3-6,9-10H2,1-2H3,(H,25,29)(H2,22,26,27)/t12-/m0/s1. The number of nitrogens with one attached hydrogen (secondary N) is 1. The summed E-state index contributed by atoms with van der Waals surface area (Å²) in [7, 11) is 0. The second-order valence-electron chi connectivity index (χ2n) is 7.52. The van der Waals surface area contributed by atoms with E-state index in [-0.39, 0.29) is 11.6 Å². The zero-order valence-corrected chi connectivity index (χ0v) is 17.9. The third kappa shape index (κ3) is 5.41. The van der Waals surface area contributed by atoms with E-state index in [0.29, 0.717) is 42.2 Å². The summed E-state index contributed by atoms with van der Waals surface area (Å²) in [5, 5.41) is 3.11. The Morgan fingerprint density at radius 3 is 2.67 bits per heavy atom. The van der Waals surface area contributed by atoms with E-state index in [0.717, 1.165) is 24.8 Å². The van der Waals surface area contributed by atoms with E-state index in [9.17, 15) is 9.59 Å². The Hall–Kier alpha value is -2.81. The molecule has 1 atom stereocenters. The van der Waals surface area contributed by atoms with Gasteiger partial charge in [-0.2, -0.15) is 0 Å². The van der Waals surface area contributed by atoms with Crippen LogP contribution >= 0.6 is 11.6 Å². The molecule has 1 aliphatic heterocycles. The number of anilines is 1. The van der Waals surface area contributed by atoms with Crippen molar-refractivity contribution in [3.05, 3.63) is 40.8 Å². The molecule has 2 aromatic heterocycles. The predicted octanol–water partition coefficient (Wildman–Crippen LogP) is 1.80. The van der Waals surface area contributed by atoms with Crippen molar-refractivity contribution in [2.24, 2.45) is 5.92 Å². The fraction of sp³-hybridized carbons (Fsp3) is 0.500. The number of aryl methyl sites for hydroxylation is 1. The average molecular weight is 432 g/mol. The van der Waals surface area contributed by atoms with Gasteiger partial charge in [-0.25, -0.2) is 15.0 Å². The monoisotopic (exact) mass is 431 g/mol. The zero-order valence-electron chi connectivity index (χ0n) is 17.1. The number of halogens is 1. The molecule has 3 heterocycles. The maximum absolute atomic E-state index is 12.7. The van der Waals surface area contributed by atoms with Crippen LogP contribution in [-0.2, 0) is 11.2 Å².